The maximum absolute atomic E-state index is 2.30. The number of aryl methyl sites for hydroxylation is 1. The fraction of sp³-hybridized carbons (Fsp3) is 0.200. The van der Waals surface area contributed by atoms with Crippen LogP contribution in [0.4, 0.5) is 0 Å². The number of benzene rings is 4. The molecule has 0 aliphatic heterocycles. The van der Waals surface area contributed by atoms with Gasteiger partial charge in [0.1, 0.15) is 0 Å². The average Bonchev–Trinajstić information content (AvgIpc) is 2.81. The third-order valence-electron chi connectivity index (χ3n) is 5.91. The van der Waals surface area contributed by atoms with Gasteiger partial charge in [-0.2, -0.15) is 0 Å². The average molecular weight is 391 g/mol. The molecule has 4 aromatic carbocycles. The van der Waals surface area contributed by atoms with Crippen molar-refractivity contribution in [2.75, 3.05) is 0 Å². The van der Waals surface area contributed by atoms with E-state index in [0.29, 0.717) is 5.92 Å². The van der Waals surface area contributed by atoms with E-state index in [1.807, 2.05) is 0 Å². The first-order chi connectivity index (χ1) is 14.7. The Morgan fingerprint density at radius 3 is 1.43 bits per heavy atom. The number of rotatable bonds is 7. The first-order valence-corrected chi connectivity index (χ1v) is 11.1. The summed E-state index contributed by atoms with van der Waals surface area (Å²) >= 11 is 0. The molecular formula is C30H30. The van der Waals surface area contributed by atoms with E-state index in [1.54, 1.807) is 0 Å². The van der Waals surface area contributed by atoms with Crippen LogP contribution in [-0.4, -0.2) is 0 Å². The van der Waals surface area contributed by atoms with Gasteiger partial charge in [0, 0.05) is 0 Å². The molecule has 1 atom stereocenters. The summed E-state index contributed by atoms with van der Waals surface area (Å²) in [6.07, 6.45) is 3.41. The molecule has 0 amide bonds. The quantitative estimate of drug-likeness (QED) is 0.297. The third-order valence-corrected chi connectivity index (χ3v) is 5.91. The maximum atomic E-state index is 2.30. The highest BCUT2D eigenvalue weighted by Gasteiger charge is 2.07. The van der Waals surface area contributed by atoms with Crippen molar-refractivity contribution in [1.82, 2.24) is 0 Å². The Morgan fingerprint density at radius 1 is 0.533 bits per heavy atom. The van der Waals surface area contributed by atoms with Crippen molar-refractivity contribution in [1.29, 1.82) is 0 Å². The zero-order chi connectivity index (χ0) is 20.8. The Labute approximate surface area is 181 Å². The van der Waals surface area contributed by atoms with Gasteiger partial charge in [-0.1, -0.05) is 123 Å². The van der Waals surface area contributed by atoms with Gasteiger partial charge in [-0.05, 0) is 57.7 Å². The molecular weight excluding hydrogens is 360 g/mol. The first kappa shape index (κ1) is 20.2. The van der Waals surface area contributed by atoms with Crippen LogP contribution in [0.25, 0.3) is 22.3 Å². The normalized spacial score (nSPS) is 11.9. The van der Waals surface area contributed by atoms with E-state index < -0.39 is 0 Å². The monoisotopic (exact) mass is 390 g/mol. The minimum atomic E-state index is 0.528. The summed E-state index contributed by atoms with van der Waals surface area (Å²) < 4.78 is 0. The van der Waals surface area contributed by atoms with E-state index in [-0.39, 0.29) is 0 Å². The van der Waals surface area contributed by atoms with Gasteiger partial charge in [-0.15, -0.1) is 0 Å². The van der Waals surface area contributed by atoms with Gasteiger partial charge in [-0.25, -0.2) is 0 Å². The van der Waals surface area contributed by atoms with Gasteiger partial charge in [0.25, 0.3) is 0 Å². The largest absolute Gasteiger partial charge is 0.0651 e. The Hall–Kier alpha value is -3.12. The summed E-state index contributed by atoms with van der Waals surface area (Å²) in [6, 6.07) is 37.7. The van der Waals surface area contributed by atoms with Gasteiger partial charge in [0.2, 0.25) is 0 Å². The maximum Gasteiger partial charge on any atom is -0.0150 e. The molecule has 0 heteroatoms. The lowest BCUT2D eigenvalue weighted by Gasteiger charge is -2.12. The van der Waals surface area contributed by atoms with Gasteiger partial charge >= 0.3 is 0 Å². The van der Waals surface area contributed by atoms with Crippen LogP contribution in [-0.2, 0) is 12.8 Å². The fourth-order valence-electron chi connectivity index (χ4n) is 4.09. The summed E-state index contributed by atoms with van der Waals surface area (Å²) in [5.41, 5.74) is 9.31. The molecule has 150 valence electrons. The van der Waals surface area contributed by atoms with Crippen LogP contribution in [0.3, 0.4) is 0 Å². The Kier molecular flexibility index (Phi) is 6.44. The van der Waals surface area contributed by atoms with E-state index in [0.717, 1.165) is 12.8 Å². The van der Waals surface area contributed by atoms with Gasteiger partial charge in [-0.3, -0.25) is 0 Å². The van der Waals surface area contributed by atoms with Crippen molar-refractivity contribution in [3.8, 4) is 22.3 Å². The van der Waals surface area contributed by atoms with Crippen molar-refractivity contribution in [2.45, 2.75) is 39.0 Å². The van der Waals surface area contributed by atoms with Crippen molar-refractivity contribution in [3.63, 3.8) is 0 Å². The minimum Gasteiger partial charge on any atom is -0.0651 e. The molecule has 4 rings (SSSR count). The molecule has 0 saturated heterocycles. The number of hydrogen-bond donors (Lipinski definition) is 0. The summed E-state index contributed by atoms with van der Waals surface area (Å²) in [7, 11) is 0. The predicted octanol–water partition coefficient (Wildman–Crippen LogP) is 8.32. The van der Waals surface area contributed by atoms with Gasteiger partial charge < -0.3 is 0 Å². The first-order valence-electron chi connectivity index (χ1n) is 11.1. The molecule has 0 N–H and O–H groups in total. The highest BCUT2D eigenvalue weighted by atomic mass is 14.1. The Balaban J connectivity index is 1.44. The molecule has 0 heterocycles. The van der Waals surface area contributed by atoms with Gasteiger partial charge in [0.05, 0.1) is 0 Å². The standard InChI is InChI=1S/C30H30/c1-3-7-24-10-14-27(15-11-24)29-18-20-30(21-19-29)28-16-12-25(13-17-28)22-23(2)26-8-5-4-6-9-26/h4-6,8-21,23H,3,7,22H2,1-2H3/t23-/m0/s1. The van der Waals surface area contributed by atoms with Crippen LogP contribution < -0.4 is 0 Å². The number of hydrogen-bond acceptors (Lipinski definition) is 0. The van der Waals surface area contributed by atoms with Crippen LogP contribution in [0.1, 0.15) is 42.9 Å². The molecule has 0 aliphatic carbocycles. The van der Waals surface area contributed by atoms with Crippen LogP contribution in [0, 0.1) is 0 Å². The summed E-state index contributed by atoms with van der Waals surface area (Å²) in [5.74, 6) is 0.528. The van der Waals surface area contributed by atoms with E-state index in [9.17, 15) is 0 Å². The summed E-state index contributed by atoms with van der Waals surface area (Å²) in [6.45, 7) is 4.53. The molecule has 0 aromatic heterocycles. The van der Waals surface area contributed by atoms with E-state index in [1.165, 1.54) is 45.4 Å². The van der Waals surface area contributed by atoms with Crippen molar-refractivity contribution < 1.29 is 0 Å². The van der Waals surface area contributed by atoms with Crippen molar-refractivity contribution in [2.24, 2.45) is 0 Å². The topological polar surface area (TPSA) is 0 Å². The molecule has 0 spiro atoms. The highest BCUT2D eigenvalue weighted by Crippen LogP contribution is 2.27. The summed E-state index contributed by atoms with van der Waals surface area (Å²) in [4.78, 5) is 0. The van der Waals surface area contributed by atoms with Gasteiger partial charge in [0.15, 0.2) is 0 Å². The second kappa shape index (κ2) is 9.59. The summed E-state index contributed by atoms with van der Waals surface area (Å²) in [5, 5.41) is 0. The van der Waals surface area contributed by atoms with Crippen LogP contribution >= 0.6 is 0 Å². The Bertz CT molecular complexity index is 1040. The van der Waals surface area contributed by atoms with Crippen LogP contribution in [0.2, 0.25) is 0 Å². The van der Waals surface area contributed by atoms with E-state index >= 15 is 0 Å². The van der Waals surface area contributed by atoms with E-state index in [2.05, 4.69) is 117 Å². The molecule has 0 radical (unpaired) electrons. The smallest absolute Gasteiger partial charge is 0.0150 e. The van der Waals surface area contributed by atoms with E-state index in [4.69, 9.17) is 0 Å². The molecule has 0 bridgehead atoms. The minimum absolute atomic E-state index is 0.528. The lowest BCUT2D eigenvalue weighted by atomic mass is 9.92. The van der Waals surface area contributed by atoms with Crippen molar-refractivity contribution >= 4 is 0 Å². The zero-order valence-electron chi connectivity index (χ0n) is 18.0. The van der Waals surface area contributed by atoms with Crippen molar-refractivity contribution in [3.05, 3.63) is 120 Å². The third kappa shape index (κ3) is 4.89. The van der Waals surface area contributed by atoms with Crippen LogP contribution in [0.15, 0.2) is 103 Å². The predicted molar refractivity (Wildman–Crippen MR) is 130 cm³/mol. The molecule has 0 unspecified atom stereocenters. The molecule has 0 fully saturated rings. The highest BCUT2D eigenvalue weighted by molar-refractivity contribution is 5.70. The SMILES string of the molecule is CCCc1ccc(-c2ccc(-c3ccc(C[C@H](C)c4ccccc4)cc3)cc2)cc1. The lowest BCUT2D eigenvalue weighted by Crippen LogP contribution is -1.98. The molecule has 4 aromatic rings. The molecule has 0 saturated carbocycles. The molecule has 0 aliphatic rings. The lowest BCUT2D eigenvalue weighted by molar-refractivity contribution is 0.759. The molecule has 30 heavy (non-hydrogen) atoms. The van der Waals surface area contributed by atoms with Crippen LogP contribution in [0.5, 0.6) is 0 Å². The second-order valence-corrected chi connectivity index (χ2v) is 8.24. The molecule has 0 nitrogen and oxygen atoms in total. The fourth-order valence-corrected chi connectivity index (χ4v) is 4.09. The Morgan fingerprint density at radius 2 is 0.967 bits per heavy atom. The zero-order valence-corrected chi connectivity index (χ0v) is 18.0. The second-order valence-electron chi connectivity index (χ2n) is 8.24.